The van der Waals surface area contributed by atoms with E-state index in [9.17, 15) is 10.2 Å². The van der Waals surface area contributed by atoms with Gasteiger partial charge in [-0.05, 0) is 36.5 Å². The van der Waals surface area contributed by atoms with Crippen LogP contribution in [0.3, 0.4) is 0 Å². The molecule has 122 valence electrons. The number of aliphatic hydroxyl groups excluding tert-OH is 1. The smallest absolute Gasteiger partial charge is 0.0924 e. The molecule has 1 aliphatic heterocycles. The van der Waals surface area contributed by atoms with E-state index in [1.807, 2.05) is 30.3 Å². The summed E-state index contributed by atoms with van der Waals surface area (Å²) in [5, 5.41) is 21.1. The lowest BCUT2D eigenvalue weighted by molar-refractivity contribution is -0.0297. The molecule has 1 heterocycles. The third-order valence-corrected chi connectivity index (χ3v) is 4.84. The molecule has 0 bridgehead atoms. The number of benzene rings is 2. The predicted molar refractivity (Wildman–Crippen MR) is 91.9 cm³/mol. The van der Waals surface area contributed by atoms with E-state index >= 15 is 0 Å². The molecule has 23 heavy (non-hydrogen) atoms. The van der Waals surface area contributed by atoms with Crippen LogP contribution in [0, 0.1) is 0 Å². The number of hydrogen-bond donors (Lipinski definition) is 2. The minimum atomic E-state index is -0.833. The second-order valence-electron chi connectivity index (χ2n) is 6.56. The molecule has 0 aliphatic carbocycles. The maximum Gasteiger partial charge on any atom is 0.0924 e. The van der Waals surface area contributed by atoms with Gasteiger partial charge in [0.2, 0.25) is 0 Å². The molecule has 0 radical (unpaired) electrons. The Morgan fingerprint density at radius 3 is 2.26 bits per heavy atom. The van der Waals surface area contributed by atoms with E-state index in [1.165, 1.54) is 5.56 Å². The van der Waals surface area contributed by atoms with Gasteiger partial charge in [0.15, 0.2) is 0 Å². The number of piperidine rings is 1. The molecule has 3 nitrogen and oxygen atoms in total. The molecular weight excluding hydrogens is 286 g/mol. The topological polar surface area (TPSA) is 43.7 Å². The average molecular weight is 311 g/mol. The van der Waals surface area contributed by atoms with E-state index < -0.39 is 11.7 Å². The van der Waals surface area contributed by atoms with Crippen LogP contribution in [0.5, 0.6) is 0 Å². The van der Waals surface area contributed by atoms with E-state index in [-0.39, 0.29) is 0 Å². The first-order valence-electron chi connectivity index (χ1n) is 8.35. The number of likely N-dealkylation sites (tertiary alicyclic amines) is 1. The van der Waals surface area contributed by atoms with Crippen molar-refractivity contribution in [2.75, 3.05) is 13.1 Å². The highest BCUT2D eigenvalue weighted by Gasteiger charge is 2.35. The molecule has 0 saturated carbocycles. The molecule has 3 rings (SSSR count). The zero-order valence-electron chi connectivity index (χ0n) is 13.7. The minimum Gasteiger partial charge on any atom is -0.389 e. The van der Waals surface area contributed by atoms with Crippen molar-refractivity contribution in [1.82, 2.24) is 4.90 Å². The number of hydrogen-bond acceptors (Lipinski definition) is 3. The fourth-order valence-electron chi connectivity index (χ4n) is 3.48. The highest BCUT2D eigenvalue weighted by molar-refractivity contribution is 5.34. The Bertz CT molecular complexity index is 631. The lowest BCUT2D eigenvalue weighted by Crippen LogP contribution is -2.42. The number of aliphatic hydroxyl groups is 2. The Morgan fingerprint density at radius 2 is 1.61 bits per heavy atom. The monoisotopic (exact) mass is 311 g/mol. The number of nitrogens with zero attached hydrogens (tertiary/aromatic N) is 1. The summed E-state index contributed by atoms with van der Waals surface area (Å²) < 4.78 is 0. The Balaban J connectivity index is 1.70. The quantitative estimate of drug-likeness (QED) is 0.911. The van der Waals surface area contributed by atoms with E-state index in [1.54, 1.807) is 6.92 Å². The summed E-state index contributed by atoms with van der Waals surface area (Å²) in [5.74, 6) is 0. The molecule has 0 aromatic heterocycles. The molecule has 1 aliphatic rings. The Labute approximate surface area is 138 Å². The van der Waals surface area contributed by atoms with Crippen molar-refractivity contribution in [3.05, 3.63) is 71.3 Å². The van der Waals surface area contributed by atoms with Crippen molar-refractivity contribution in [3.63, 3.8) is 0 Å². The maximum absolute atomic E-state index is 11.1. The molecule has 0 spiro atoms. The first-order valence-corrected chi connectivity index (χ1v) is 8.35. The van der Waals surface area contributed by atoms with Crippen molar-refractivity contribution in [3.8, 4) is 0 Å². The molecular formula is C20H25NO2. The fourth-order valence-corrected chi connectivity index (χ4v) is 3.48. The van der Waals surface area contributed by atoms with E-state index in [4.69, 9.17) is 0 Å². The summed E-state index contributed by atoms with van der Waals surface area (Å²) in [6.45, 7) is 4.40. The van der Waals surface area contributed by atoms with Gasteiger partial charge in [0.25, 0.3) is 0 Å². The minimum absolute atomic E-state index is 0.558. The molecule has 0 amide bonds. The van der Waals surface area contributed by atoms with Gasteiger partial charge in [-0.25, -0.2) is 0 Å². The molecule has 2 aromatic carbocycles. The molecule has 2 N–H and O–H groups in total. The first kappa shape index (κ1) is 16.2. The fraction of sp³-hybridized carbons (Fsp3) is 0.400. The highest BCUT2D eigenvalue weighted by Crippen LogP contribution is 2.37. The summed E-state index contributed by atoms with van der Waals surface area (Å²) in [7, 11) is 0. The molecule has 1 atom stereocenters. The lowest BCUT2D eigenvalue weighted by Gasteiger charge is -2.39. The van der Waals surface area contributed by atoms with Crippen LogP contribution < -0.4 is 0 Å². The summed E-state index contributed by atoms with van der Waals surface area (Å²) >= 11 is 0. The molecule has 2 aromatic rings. The Hall–Kier alpha value is -1.68. The van der Waals surface area contributed by atoms with Crippen molar-refractivity contribution >= 4 is 0 Å². The SMILES string of the molecule is CC(O)c1ccccc1C1(O)CCN(Cc2ccccc2)CC1. The van der Waals surface area contributed by atoms with Crippen LogP contribution in [-0.2, 0) is 12.1 Å². The lowest BCUT2D eigenvalue weighted by atomic mass is 9.81. The van der Waals surface area contributed by atoms with Gasteiger partial charge in [-0.3, -0.25) is 4.90 Å². The van der Waals surface area contributed by atoms with Crippen LogP contribution in [0.1, 0.15) is 42.6 Å². The van der Waals surface area contributed by atoms with Gasteiger partial charge >= 0.3 is 0 Å². The van der Waals surface area contributed by atoms with Gasteiger partial charge < -0.3 is 10.2 Å². The van der Waals surface area contributed by atoms with Crippen LogP contribution in [0.2, 0.25) is 0 Å². The standard InChI is InChI=1S/C20H25NO2/c1-16(22)18-9-5-6-10-19(18)20(23)11-13-21(14-12-20)15-17-7-3-2-4-8-17/h2-10,16,22-23H,11-15H2,1H3. The third kappa shape index (κ3) is 3.63. The summed E-state index contributed by atoms with van der Waals surface area (Å²) in [5.41, 5.74) is 2.20. The van der Waals surface area contributed by atoms with Gasteiger partial charge in [-0.15, -0.1) is 0 Å². The predicted octanol–water partition coefficient (Wildman–Crippen LogP) is 3.22. The zero-order valence-corrected chi connectivity index (χ0v) is 13.7. The van der Waals surface area contributed by atoms with E-state index in [2.05, 4.69) is 29.2 Å². The van der Waals surface area contributed by atoms with Gasteiger partial charge in [0.1, 0.15) is 0 Å². The van der Waals surface area contributed by atoms with Gasteiger partial charge in [0.05, 0.1) is 11.7 Å². The normalized spacial score (nSPS) is 19.4. The third-order valence-electron chi connectivity index (χ3n) is 4.84. The highest BCUT2D eigenvalue weighted by atomic mass is 16.3. The van der Waals surface area contributed by atoms with E-state index in [0.717, 1.165) is 30.8 Å². The van der Waals surface area contributed by atoms with Crippen LogP contribution >= 0.6 is 0 Å². The van der Waals surface area contributed by atoms with Crippen LogP contribution in [0.25, 0.3) is 0 Å². The van der Waals surface area contributed by atoms with Crippen molar-refractivity contribution in [2.24, 2.45) is 0 Å². The van der Waals surface area contributed by atoms with Gasteiger partial charge in [-0.1, -0.05) is 54.6 Å². The van der Waals surface area contributed by atoms with Gasteiger partial charge in [-0.2, -0.15) is 0 Å². The second kappa shape index (κ2) is 6.83. The number of rotatable bonds is 4. The second-order valence-corrected chi connectivity index (χ2v) is 6.56. The van der Waals surface area contributed by atoms with Crippen LogP contribution in [-0.4, -0.2) is 28.2 Å². The summed E-state index contributed by atoms with van der Waals surface area (Å²) in [6.07, 6.45) is 0.838. The van der Waals surface area contributed by atoms with Crippen LogP contribution in [0.4, 0.5) is 0 Å². The summed E-state index contributed by atoms with van der Waals surface area (Å²) in [4.78, 5) is 2.38. The van der Waals surface area contributed by atoms with Gasteiger partial charge in [0, 0.05) is 19.6 Å². The Kier molecular flexibility index (Phi) is 4.81. The Morgan fingerprint density at radius 1 is 1.00 bits per heavy atom. The zero-order chi connectivity index (χ0) is 16.3. The van der Waals surface area contributed by atoms with Crippen LogP contribution in [0.15, 0.2) is 54.6 Å². The molecule has 1 unspecified atom stereocenters. The molecule has 1 saturated heterocycles. The summed E-state index contributed by atoms with van der Waals surface area (Å²) in [6, 6.07) is 18.2. The average Bonchev–Trinajstić information content (AvgIpc) is 2.58. The van der Waals surface area contributed by atoms with Crippen molar-refractivity contribution in [2.45, 2.75) is 38.0 Å². The first-order chi connectivity index (χ1) is 11.1. The van der Waals surface area contributed by atoms with Crippen molar-refractivity contribution < 1.29 is 10.2 Å². The van der Waals surface area contributed by atoms with Crippen molar-refractivity contribution in [1.29, 1.82) is 0 Å². The van der Waals surface area contributed by atoms with E-state index in [0.29, 0.717) is 12.8 Å². The maximum atomic E-state index is 11.1. The largest absolute Gasteiger partial charge is 0.389 e. The molecule has 3 heteroatoms. The molecule has 1 fully saturated rings.